The first kappa shape index (κ1) is 22.8. The standard InChI is InChI=1S/C24H22N2O5S2/c1-16-7-3-5-9-22(16)26(23-10-6-4-8-17(23)2)33(30,31)24-15-20(32(25,28)29)13-18-11-12-19(27)14-21(18)24/h3-15,27H,1-2H3,(H2,25,28,29). The quantitative estimate of drug-likeness (QED) is 0.439. The van der Waals surface area contributed by atoms with Crippen molar-refractivity contribution in [3.63, 3.8) is 0 Å². The van der Waals surface area contributed by atoms with Crippen LogP contribution in [0.15, 0.2) is 88.7 Å². The van der Waals surface area contributed by atoms with Crippen molar-refractivity contribution < 1.29 is 21.9 Å². The van der Waals surface area contributed by atoms with Gasteiger partial charge in [0.2, 0.25) is 10.0 Å². The van der Waals surface area contributed by atoms with Gasteiger partial charge in [0.1, 0.15) is 5.75 Å². The number of phenols is 1. The van der Waals surface area contributed by atoms with Crippen LogP contribution in [-0.4, -0.2) is 21.9 Å². The number of hydrogen-bond donors (Lipinski definition) is 2. The number of hydrogen-bond acceptors (Lipinski definition) is 5. The molecular formula is C24H22N2O5S2. The highest BCUT2D eigenvalue weighted by atomic mass is 32.2. The smallest absolute Gasteiger partial charge is 0.269 e. The summed E-state index contributed by atoms with van der Waals surface area (Å²) >= 11 is 0. The molecule has 0 saturated heterocycles. The van der Waals surface area contributed by atoms with E-state index in [2.05, 4.69) is 0 Å². The summed E-state index contributed by atoms with van der Waals surface area (Å²) in [5, 5.41) is 15.9. The number of sulfonamides is 2. The predicted molar refractivity (Wildman–Crippen MR) is 129 cm³/mol. The minimum atomic E-state index is -4.38. The Balaban J connectivity index is 2.13. The molecule has 33 heavy (non-hydrogen) atoms. The average molecular weight is 483 g/mol. The lowest BCUT2D eigenvalue weighted by Crippen LogP contribution is -2.28. The van der Waals surface area contributed by atoms with E-state index in [4.69, 9.17) is 5.14 Å². The fraction of sp³-hybridized carbons (Fsp3) is 0.0833. The second-order valence-corrected chi connectivity index (χ2v) is 11.0. The Morgan fingerprint density at radius 3 is 1.82 bits per heavy atom. The lowest BCUT2D eigenvalue weighted by molar-refractivity contribution is 0.476. The molecule has 0 spiro atoms. The Morgan fingerprint density at radius 1 is 0.758 bits per heavy atom. The number of fused-ring (bicyclic) bond motifs is 1. The number of rotatable bonds is 5. The highest BCUT2D eigenvalue weighted by molar-refractivity contribution is 7.93. The van der Waals surface area contributed by atoms with E-state index in [9.17, 15) is 21.9 Å². The van der Waals surface area contributed by atoms with Crippen molar-refractivity contribution in [3.8, 4) is 5.75 Å². The molecule has 0 heterocycles. The van der Waals surface area contributed by atoms with Crippen LogP contribution in [0.5, 0.6) is 5.75 Å². The molecular weight excluding hydrogens is 460 g/mol. The van der Waals surface area contributed by atoms with Crippen molar-refractivity contribution in [2.75, 3.05) is 4.31 Å². The molecule has 0 saturated carbocycles. The number of aryl methyl sites for hydroxylation is 2. The number of nitrogens with two attached hydrogens (primary N) is 1. The first-order valence-corrected chi connectivity index (χ1v) is 12.9. The zero-order valence-corrected chi connectivity index (χ0v) is 19.6. The van der Waals surface area contributed by atoms with Gasteiger partial charge in [-0.3, -0.25) is 0 Å². The van der Waals surface area contributed by atoms with E-state index >= 15 is 0 Å². The van der Waals surface area contributed by atoms with Gasteiger partial charge in [-0.15, -0.1) is 0 Å². The Hall–Kier alpha value is -3.40. The molecule has 3 N–H and O–H groups in total. The summed E-state index contributed by atoms with van der Waals surface area (Å²) in [5.41, 5.74) is 2.25. The van der Waals surface area contributed by atoms with Gasteiger partial charge >= 0.3 is 0 Å². The molecule has 0 bridgehead atoms. The summed E-state index contributed by atoms with van der Waals surface area (Å²) in [5.74, 6) is -0.152. The van der Waals surface area contributed by atoms with Crippen LogP contribution in [0.4, 0.5) is 11.4 Å². The monoisotopic (exact) mass is 482 g/mol. The van der Waals surface area contributed by atoms with Crippen LogP contribution >= 0.6 is 0 Å². The van der Waals surface area contributed by atoms with Crippen LogP contribution in [-0.2, 0) is 20.0 Å². The van der Waals surface area contributed by atoms with Gasteiger partial charge in [-0.25, -0.2) is 26.3 Å². The van der Waals surface area contributed by atoms with Crippen LogP contribution in [0.2, 0.25) is 0 Å². The van der Waals surface area contributed by atoms with Crippen molar-refractivity contribution >= 4 is 42.2 Å². The van der Waals surface area contributed by atoms with Gasteiger partial charge < -0.3 is 5.11 Å². The third-order valence-corrected chi connectivity index (χ3v) is 8.05. The molecule has 0 amide bonds. The molecule has 4 aromatic carbocycles. The highest BCUT2D eigenvalue weighted by Gasteiger charge is 2.31. The first-order chi connectivity index (χ1) is 15.5. The van der Waals surface area contributed by atoms with E-state index in [1.54, 1.807) is 62.4 Å². The summed E-state index contributed by atoms with van der Waals surface area (Å²) in [6.07, 6.45) is 0. The van der Waals surface area contributed by atoms with Gasteiger partial charge in [0.15, 0.2) is 0 Å². The fourth-order valence-electron chi connectivity index (χ4n) is 3.73. The van der Waals surface area contributed by atoms with Crippen molar-refractivity contribution in [2.45, 2.75) is 23.6 Å². The molecule has 4 rings (SSSR count). The molecule has 0 radical (unpaired) electrons. The van der Waals surface area contributed by atoms with E-state index < -0.39 is 20.0 Å². The summed E-state index contributed by atoms with van der Waals surface area (Å²) in [4.78, 5) is -0.625. The van der Waals surface area contributed by atoms with Crippen molar-refractivity contribution in [1.82, 2.24) is 0 Å². The first-order valence-electron chi connectivity index (χ1n) is 9.96. The molecule has 0 atom stereocenters. The predicted octanol–water partition coefficient (Wildman–Crippen LogP) is 4.34. The lowest BCUT2D eigenvalue weighted by Gasteiger charge is -2.28. The molecule has 4 aromatic rings. The minimum Gasteiger partial charge on any atom is -0.508 e. The molecule has 170 valence electrons. The normalized spacial score (nSPS) is 12.1. The average Bonchev–Trinajstić information content (AvgIpc) is 2.75. The Labute approximate surface area is 192 Å². The van der Waals surface area contributed by atoms with Gasteiger partial charge in [0.05, 0.1) is 21.2 Å². The van der Waals surface area contributed by atoms with E-state index in [1.807, 2.05) is 0 Å². The lowest BCUT2D eigenvalue weighted by atomic mass is 10.1. The maximum absolute atomic E-state index is 14.3. The number of primary sulfonamides is 1. The molecule has 9 heteroatoms. The van der Waals surface area contributed by atoms with Gasteiger partial charge in [0, 0.05) is 5.39 Å². The third kappa shape index (κ3) is 4.18. The van der Waals surface area contributed by atoms with E-state index in [-0.39, 0.29) is 20.9 Å². The third-order valence-electron chi connectivity index (χ3n) is 5.39. The molecule has 0 aliphatic carbocycles. The number of benzene rings is 4. The number of para-hydroxylation sites is 2. The molecule has 7 nitrogen and oxygen atoms in total. The van der Waals surface area contributed by atoms with Crippen molar-refractivity contribution in [2.24, 2.45) is 5.14 Å². The maximum atomic E-state index is 14.3. The molecule has 0 fully saturated rings. The molecule has 0 aliphatic rings. The van der Waals surface area contributed by atoms with Gasteiger partial charge in [-0.2, -0.15) is 0 Å². The largest absolute Gasteiger partial charge is 0.508 e. The number of nitrogens with zero attached hydrogens (tertiary/aromatic N) is 1. The Morgan fingerprint density at radius 2 is 1.30 bits per heavy atom. The van der Waals surface area contributed by atoms with Crippen LogP contribution in [0.25, 0.3) is 10.8 Å². The second-order valence-electron chi connectivity index (χ2n) is 7.71. The van der Waals surface area contributed by atoms with Gasteiger partial charge in [-0.1, -0.05) is 42.5 Å². The van der Waals surface area contributed by atoms with E-state index in [0.29, 0.717) is 27.9 Å². The second kappa shape index (κ2) is 8.18. The van der Waals surface area contributed by atoms with Crippen molar-refractivity contribution in [3.05, 3.63) is 90.0 Å². The summed E-state index contributed by atoms with van der Waals surface area (Å²) < 4.78 is 54.0. The Kier molecular flexibility index (Phi) is 5.65. The summed E-state index contributed by atoms with van der Waals surface area (Å²) in [7, 11) is -8.58. The number of anilines is 2. The summed E-state index contributed by atoms with van der Waals surface area (Å²) in [6, 6.07) is 20.4. The van der Waals surface area contributed by atoms with Gasteiger partial charge in [0.25, 0.3) is 10.0 Å². The number of phenolic OH excluding ortho intramolecular Hbond substituents is 1. The maximum Gasteiger partial charge on any atom is 0.269 e. The SMILES string of the molecule is Cc1ccccc1N(c1ccccc1C)S(=O)(=O)c1cc(S(N)(=O)=O)cc2ccc(O)cc12. The van der Waals surface area contributed by atoms with Crippen LogP contribution < -0.4 is 9.44 Å². The minimum absolute atomic E-state index is 0.152. The zero-order chi connectivity index (χ0) is 24.0. The van der Waals surface area contributed by atoms with Crippen LogP contribution in [0.3, 0.4) is 0 Å². The molecule has 0 aromatic heterocycles. The molecule has 0 unspecified atom stereocenters. The number of aromatic hydroxyl groups is 1. The topological polar surface area (TPSA) is 118 Å². The van der Waals surface area contributed by atoms with E-state index in [1.165, 1.54) is 28.6 Å². The summed E-state index contributed by atoms with van der Waals surface area (Å²) in [6.45, 7) is 3.58. The zero-order valence-electron chi connectivity index (χ0n) is 17.9. The van der Waals surface area contributed by atoms with Crippen molar-refractivity contribution in [1.29, 1.82) is 0 Å². The van der Waals surface area contributed by atoms with Crippen LogP contribution in [0.1, 0.15) is 11.1 Å². The molecule has 0 aliphatic heterocycles. The van der Waals surface area contributed by atoms with Gasteiger partial charge in [-0.05, 0) is 66.8 Å². The van der Waals surface area contributed by atoms with Crippen LogP contribution in [0, 0.1) is 13.8 Å². The highest BCUT2D eigenvalue weighted by Crippen LogP contribution is 2.39. The van der Waals surface area contributed by atoms with E-state index in [0.717, 1.165) is 6.07 Å². The fourth-order valence-corrected chi connectivity index (χ4v) is 6.24. The Bertz CT molecular complexity index is 1550.